The van der Waals surface area contributed by atoms with Gasteiger partial charge in [0.2, 0.25) is 11.8 Å². The van der Waals surface area contributed by atoms with Crippen molar-refractivity contribution in [3.63, 3.8) is 0 Å². The predicted octanol–water partition coefficient (Wildman–Crippen LogP) is 2.33. The van der Waals surface area contributed by atoms with E-state index in [9.17, 15) is 9.59 Å². The Labute approximate surface area is 138 Å². The molecule has 0 saturated heterocycles. The summed E-state index contributed by atoms with van der Waals surface area (Å²) >= 11 is 0. The number of methoxy groups -OCH3 is 1. The lowest BCUT2D eigenvalue weighted by Crippen LogP contribution is -2.38. The van der Waals surface area contributed by atoms with Crippen LogP contribution in [0.4, 0.5) is 0 Å². The number of nitrogens with one attached hydrogen (secondary N) is 1. The molecule has 1 aromatic carbocycles. The summed E-state index contributed by atoms with van der Waals surface area (Å²) in [6.07, 6.45) is 4.09. The highest BCUT2D eigenvalue weighted by atomic mass is 16.5. The topological polar surface area (TPSA) is 58.6 Å². The van der Waals surface area contributed by atoms with Crippen LogP contribution in [0.25, 0.3) is 6.08 Å². The Balaban J connectivity index is 2.46. The highest BCUT2D eigenvalue weighted by Crippen LogP contribution is 2.13. The molecular formula is C18H26N2O3. The van der Waals surface area contributed by atoms with Gasteiger partial charge in [0.25, 0.3) is 0 Å². The van der Waals surface area contributed by atoms with Crippen LogP contribution in [0.2, 0.25) is 0 Å². The molecular weight excluding hydrogens is 292 g/mol. The number of ether oxygens (including phenoxy) is 1. The highest BCUT2D eigenvalue weighted by molar-refractivity contribution is 5.94. The molecule has 0 bridgehead atoms. The van der Waals surface area contributed by atoms with Crippen molar-refractivity contribution in [1.82, 2.24) is 10.2 Å². The van der Waals surface area contributed by atoms with Gasteiger partial charge in [-0.3, -0.25) is 9.59 Å². The number of hydrogen-bond acceptors (Lipinski definition) is 3. The van der Waals surface area contributed by atoms with Crippen LogP contribution in [0, 0.1) is 5.92 Å². The monoisotopic (exact) mass is 318 g/mol. The minimum absolute atomic E-state index is 0.0549. The molecule has 5 nitrogen and oxygen atoms in total. The zero-order chi connectivity index (χ0) is 17.2. The van der Waals surface area contributed by atoms with E-state index >= 15 is 0 Å². The quantitative estimate of drug-likeness (QED) is 0.748. The summed E-state index contributed by atoms with van der Waals surface area (Å²) in [5, 5.41) is 2.82. The molecule has 0 aliphatic rings. The third kappa shape index (κ3) is 7.49. The third-order valence-electron chi connectivity index (χ3n) is 3.31. The van der Waals surface area contributed by atoms with Crippen LogP contribution in [0.3, 0.4) is 0 Å². The average molecular weight is 318 g/mol. The lowest BCUT2D eigenvalue weighted by Gasteiger charge is -2.15. The molecule has 0 aliphatic heterocycles. The maximum absolute atomic E-state index is 12.0. The van der Waals surface area contributed by atoms with Crippen LogP contribution < -0.4 is 10.1 Å². The van der Waals surface area contributed by atoms with Gasteiger partial charge in [-0.2, -0.15) is 0 Å². The van der Waals surface area contributed by atoms with Gasteiger partial charge >= 0.3 is 0 Å². The Morgan fingerprint density at radius 3 is 2.74 bits per heavy atom. The number of rotatable bonds is 8. The summed E-state index contributed by atoms with van der Waals surface area (Å²) in [5.74, 6) is 0.918. The second-order valence-corrected chi connectivity index (χ2v) is 5.84. The van der Waals surface area contributed by atoms with E-state index in [0.717, 1.165) is 17.7 Å². The zero-order valence-electron chi connectivity index (χ0n) is 14.3. The zero-order valence-corrected chi connectivity index (χ0v) is 14.3. The molecule has 0 saturated carbocycles. The molecule has 5 heteroatoms. The Bertz CT molecular complexity index is 553. The number of likely N-dealkylation sites (N-methyl/N-ethyl adjacent to an activating group) is 1. The van der Waals surface area contributed by atoms with E-state index in [0.29, 0.717) is 12.5 Å². The summed E-state index contributed by atoms with van der Waals surface area (Å²) in [7, 11) is 3.21. The molecule has 1 N–H and O–H groups in total. The number of nitrogens with zero attached hydrogens (tertiary/aromatic N) is 1. The molecule has 1 aromatic rings. The Morgan fingerprint density at radius 2 is 2.09 bits per heavy atom. The first-order valence-electron chi connectivity index (χ1n) is 7.76. The van der Waals surface area contributed by atoms with Gasteiger partial charge in [-0.25, -0.2) is 0 Å². The molecule has 0 radical (unpaired) electrons. The van der Waals surface area contributed by atoms with Crippen LogP contribution >= 0.6 is 0 Å². The molecule has 126 valence electrons. The highest BCUT2D eigenvalue weighted by Gasteiger charge is 2.10. The fourth-order valence-electron chi connectivity index (χ4n) is 1.89. The van der Waals surface area contributed by atoms with Crippen molar-refractivity contribution in [2.24, 2.45) is 5.92 Å². The third-order valence-corrected chi connectivity index (χ3v) is 3.31. The van der Waals surface area contributed by atoms with Gasteiger partial charge in [0, 0.05) is 19.7 Å². The van der Waals surface area contributed by atoms with Gasteiger partial charge < -0.3 is 15.0 Å². The van der Waals surface area contributed by atoms with E-state index in [1.54, 1.807) is 20.2 Å². The Hall–Kier alpha value is -2.30. The molecule has 2 amide bonds. The number of benzene rings is 1. The molecule has 0 aliphatic carbocycles. The maximum Gasteiger partial charge on any atom is 0.246 e. The van der Waals surface area contributed by atoms with E-state index in [1.807, 2.05) is 24.3 Å². The smallest absolute Gasteiger partial charge is 0.246 e. The van der Waals surface area contributed by atoms with Gasteiger partial charge in [-0.05, 0) is 36.1 Å². The molecule has 0 spiro atoms. The first kappa shape index (κ1) is 18.7. The SMILES string of the molecule is COc1cccc(/C=C/C(=O)N(C)CC(=O)NCCC(C)C)c1. The van der Waals surface area contributed by atoms with Crippen molar-refractivity contribution in [2.75, 3.05) is 27.2 Å². The van der Waals surface area contributed by atoms with E-state index in [2.05, 4.69) is 19.2 Å². The van der Waals surface area contributed by atoms with E-state index < -0.39 is 0 Å². The van der Waals surface area contributed by atoms with Crippen LogP contribution in [0.15, 0.2) is 30.3 Å². The number of carbonyl (C=O) groups excluding carboxylic acids is 2. The summed E-state index contributed by atoms with van der Waals surface area (Å²) in [6, 6.07) is 7.41. The van der Waals surface area contributed by atoms with Gasteiger partial charge in [0.05, 0.1) is 13.7 Å². The molecule has 0 heterocycles. The minimum Gasteiger partial charge on any atom is -0.497 e. The second-order valence-electron chi connectivity index (χ2n) is 5.84. The second kappa shape index (κ2) is 9.66. The van der Waals surface area contributed by atoms with Crippen molar-refractivity contribution < 1.29 is 14.3 Å². The normalized spacial score (nSPS) is 10.8. The first-order chi connectivity index (χ1) is 10.9. The maximum atomic E-state index is 12.0. The van der Waals surface area contributed by atoms with Crippen molar-refractivity contribution >= 4 is 17.9 Å². The summed E-state index contributed by atoms with van der Waals surface area (Å²) in [4.78, 5) is 25.2. The van der Waals surface area contributed by atoms with Crippen molar-refractivity contribution in [3.05, 3.63) is 35.9 Å². The predicted molar refractivity (Wildman–Crippen MR) is 92.1 cm³/mol. The largest absolute Gasteiger partial charge is 0.497 e. The van der Waals surface area contributed by atoms with Crippen LogP contribution in [0.1, 0.15) is 25.8 Å². The van der Waals surface area contributed by atoms with Crippen LogP contribution in [-0.2, 0) is 9.59 Å². The molecule has 0 unspecified atom stereocenters. The van der Waals surface area contributed by atoms with E-state index in [4.69, 9.17) is 4.74 Å². The van der Waals surface area contributed by atoms with Gasteiger partial charge in [0.15, 0.2) is 0 Å². The number of hydrogen-bond donors (Lipinski definition) is 1. The molecule has 0 atom stereocenters. The minimum atomic E-state index is -0.216. The lowest BCUT2D eigenvalue weighted by atomic mass is 10.1. The fourth-order valence-corrected chi connectivity index (χ4v) is 1.89. The fraction of sp³-hybridized carbons (Fsp3) is 0.444. The standard InChI is InChI=1S/C18H26N2O3/c1-14(2)10-11-19-17(21)13-20(3)18(22)9-8-15-6-5-7-16(12-15)23-4/h5-9,12,14H,10-11,13H2,1-4H3,(H,19,21)/b9-8+. The summed E-state index contributed by atoms with van der Waals surface area (Å²) in [5.41, 5.74) is 0.868. The number of amides is 2. The first-order valence-corrected chi connectivity index (χ1v) is 7.76. The Morgan fingerprint density at radius 1 is 1.35 bits per heavy atom. The van der Waals surface area contributed by atoms with Gasteiger partial charge in [-0.1, -0.05) is 26.0 Å². The van der Waals surface area contributed by atoms with Crippen molar-refractivity contribution in [1.29, 1.82) is 0 Å². The summed E-state index contributed by atoms with van der Waals surface area (Å²) in [6.45, 7) is 4.90. The Kier molecular flexibility index (Phi) is 7.88. The average Bonchev–Trinajstić information content (AvgIpc) is 2.52. The lowest BCUT2D eigenvalue weighted by molar-refractivity contribution is -0.131. The molecule has 1 rings (SSSR count). The van der Waals surface area contributed by atoms with Gasteiger partial charge in [-0.15, -0.1) is 0 Å². The number of carbonyl (C=O) groups is 2. The van der Waals surface area contributed by atoms with Gasteiger partial charge in [0.1, 0.15) is 5.75 Å². The van der Waals surface area contributed by atoms with Crippen molar-refractivity contribution in [2.45, 2.75) is 20.3 Å². The molecule has 0 aromatic heterocycles. The van der Waals surface area contributed by atoms with Crippen molar-refractivity contribution in [3.8, 4) is 5.75 Å². The van der Waals surface area contributed by atoms with Crippen LogP contribution in [-0.4, -0.2) is 44.0 Å². The van der Waals surface area contributed by atoms with Crippen LogP contribution in [0.5, 0.6) is 5.75 Å². The summed E-state index contributed by atoms with van der Waals surface area (Å²) < 4.78 is 5.13. The van der Waals surface area contributed by atoms with E-state index in [1.165, 1.54) is 11.0 Å². The van der Waals surface area contributed by atoms with E-state index in [-0.39, 0.29) is 18.4 Å². The molecule has 0 fully saturated rings. The molecule has 23 heavy (non-hydrogen) atoms.